The summed E-state index contributed by atoms with van der Waals surface area (Å²) in [7, 11) is 0. The van der Waals surface area contributed by atoms with E-state index in [-0.39, 0.29) is 11.6 Å². The van der Waals surface area contributed by atoms with Crippen LogP contribution in [0, 0.1) is 44.7 Å². The molecule has 3 rings (SSSR count). The molecule has 29 heavy (non-hydrogen) atoms. The average Bonchev–Trinajstić information content (AvgIpc) is 3.15. The van der Waals surface area contributed by atoms with Crippen molar-refractivity contribution in [2.24, 2.45) is 0 Å². The molecule has 1 amide bonds. The normalized spacial score (nSPS) is 11.0. The summed E-state index contributed by atoms with van der Waals surface area (Å²) in [6.45, 7) is 11.1. The number of aryl methyl sites for hydroxylation is 4. The quantitative estimate of drug-likeness (QED) is 0.453. The van der Waals surface area contributed by atoms with Gasteiger partial charge in [0.1, 0.15) is 11.4 Å². The van der Waals surface area contributed by atoms with E-state index in [1.165, 1.54) is 18.3 Å². The minimum atomic E-state index is -0.416. The molecule has 9 heteroatoms. The lowest BCUT2D eigenvalue weighted by atomic mass is 10.0. The number of hydrogen-bond acceptors (Lipinski definition) is 6. The van der Waals surface area contributed by atoms with Crippen molar-refractivity contribution >= 4 is 33.8 Å². The van der Waals surface area contributed by atoms with Gasteiger partial charge in [0.05, 0.1) is 22.8 Å². The summed E-state index contributed by atoms with van der Waals surface area (Å²) in [4.78, 5) is 29.5. The second-order valence-electron chi connectivity index (χ2n) is 7.16. The van der Waals surface area contributed by atoms with Crippen molar-refractivity contribution in [3.8, 4) is 0 Å². The van der Waals surface area contributed by atoms with Gasteiger partial charge in [-0.2, -0.15) is 5.10 Å². The molecule has 1 aromatic carbocycles. The zero-order valence-corrected chi connectivity index (χ0v) is 18.1. The molecule has 0 fully saturated rings. The summed E-state index contributed by atoms with van der Waals surface area (Å²) >= 11 is 1.36. The molecular weight excluding hydrogens is 390 g/mol. The fraction of sp³-hybridized carbons (Fsp3) is 0.350. The number of nitrogens with zero attached hydrogens (tertiary/aromatic N) is 5. The second-order valence-corrected chi connectivity index (χ2v) is 7.99. The maximum Gasteiger partial charge on any atom is 0.312 e. The molecule has 0 spiro atoms. The Morgan fingerprint density at radius 2 is 1.83 bits per heavy atom. The summed E-state index contributed by atoms with van der Waals surface area (Å²) < 4.78 is 1.58. The van der Waals surface area contributed by atoms with E-state index in [1.807, 2.05) is 38.3 Å². The number of aromatic nitrogens is 3. The number of carbonyl (C=O) groups is 1. The molecule has 0 aliphatic carbocycles. The van der Waals surface area contributed by atoms with E-state index in [0.29, 0.717) is 28.8 Å². The van der Waals surface area contributed by atoms with E-state index in [1.54, 1.807) is 23.4 Å². The van der Waals surface area contributed by atoms with Crippen LogP contribution >= 0.6 is 11.3 Å². The van der Waals surface area contributed by atoms with Crippen molar-refractivity contribution in [3.63, 3.8) is 0 Å². The van der Waals surface area contributed by atoms with E-state index in [9.17, 15) is 14.9 Å². The number of thiazole rings is 1. The molecule has 2 aromatic heterocycles. The molecular formula is C20H23N5O3S. The summed E-state index contributed by atoms with van der Waals surface area (Å²) in [5, 5.41) is 17.9. The fourth-order valence-corrected chi connectivity index (χ4v) is 4.51. The SMILES string of the molecule is CC(=O)N(c1nc(Cn2nc(C)c([N+](=O)[O-])c2C)cs1)c1c(C)cc(C)cc1C. The summed E-state index contributed by atoms with van der Waals surface area (Å²) in [6.07, 6.45) is 0. The molecule has 2 heterocycles. The lowest BCUT2D eigenvalue weighted by Gasteiger charge is -2.23. The minimum Gasteiger partial charge on any atom is -0.274 e. The summed E-state index contributed by atoms with van der Waals surface area (Å²) in [6, 6.07) is 4.09. The van der Waals surface area contributed by atoms with Gasteiger partial charge in [0.15, 0.2) is 5.13 Å². The van der Waals surface area contributed by atoms with Crippen molar-refractivity contribution in [2.45, 2.75) is 48.1 Å². The van der Waals surface area contributed by atoms with Crippen molar-refractivity contribution in [3.05, 3.63) is 61.4 Å². The highest BCUT2D eigenvalue weighted by molar-refractivity contribution is 7.14. The van der Waals surface area contributed by atoms with Crippen LogP contribution in [0.4, 0.5) is 16.5 Å². The predicted molar refractivity (Wildman–Crippen MR) is 113 cm³/mol. The third kappa shape index (κ3) is 3.91. The largest absolute Gasteiger partial charge is 0.312 e. The van der Waals surface area contributed by atoms with Crippen LogP contribution < -0.4 is 4.90 Å². The van der Waals surface area contributed by atoms with Crippen LogP contribution in [-0.2, 0) is 11.3 Å². The number of rotatable bonds is 5. The molecule has 0 aliphatic heterocycles. The van der Waals surface area contributed by atoms with Crippen LogP contribution in [0.15, 0.2) is 17.5 Å². The van der Waals surface area contributed by atoms with Gasteiger partial charge in [0, 0.05) is 12.3 Å². The fourth-order valence-electron chi connectivity index (χ4n) is 3.64. The van der Waals surface area contributed by atoms with Gasteiger partial charge in [-0.05, 0) is 45.7 Å². The monoisotopic (exact) mass is 413 g/mol. The first kappa shape index (κ1) is 20.7. The van der Waals surface area contributed by atoms with Gasteiger partial charge in [-0.3, -0.25) is 24.5 Å². The van der Waals surface area contributed by atoms with Crippen molar-refractivity contribution < 1.29 is 9.72 Å². The van der Waals surface area contributed by atoms with E-state index < -0.39 is 4.92 Å². The van der Waals surface area contributed by atoms with Gasteiger partial charge < -0.3 is 0 Å². The molecule has 0 saturated heterocycles. The standard InChI is InChI=1S/C20H23N5O3S/c1-11-7-12(2)18(13(3)8-11)24(16(6)26)20-21-17(10-29-20)9-23-15(5)19(25(27)28)14(4)22-23/h7-8,10H,9H2,1-6H3. The molecule has 0 N–H and O–H groups in total. The Morgan fingerprint density at radius 3 is 2.34 bits per heavy atom. The van der Waals surface area contributed by atoms with E-state index in [4.69, 9.17) is 0 Å². The van der Waals surface area contributed by atoms with E-state index in [2.05, 4.69) is 10.1 Å². The third-order valence-electron chi connectivity index (χ3n) is 4.74. The second kappa shape index (κ2) is 7.75. The molecule has 0 radical (unpaired) electrons. The highest BCUT2D eigenvalue weighted by Gasteiger charge is 2.24. The lowest BCUT2D eigenvalue weighted by Crippen LogP contribution is -2.24. The highest BCUT2D eigenvalue weighted by Crippen LogP contribution is 2.35. The van der Waals surface area contributed by atoms with Gasteiger partial charge in [-0.1, -0.05) is 17.7 Å². The van der Waals surface area contributed by atoms with Gasteiger partial charge in [0.25, 0.3) is 0 Å². The Kier molecular flexibility index (Phi) is 5.52. The van der Waals surface area contributed by atoms with Gasteiger partial charge >= 0.3 is 5.69 Å². The molecule has 0 aliphatic rings. The smallest absolute Gasteiger partial charge is 0.274 e. The predicted octanol–water partition coefficient (Wildman–Crippen LogP) is 4.52. The Morgan fingerprint density at radius 1 is 1.21 bits per heavy atom. The zero-order valence-electron chi connectivity index (χ0n) is 17.3. The van der Waals surface area contributed by atoms with Gasteiger partial charge in [0.2, 0.25) is 5.91 Å². The molecule has 0 atom stereocenters. The van der Waals surface area contributed by atoms with Crippen LogP contribution in [0.2, 0.25) is 0 Å². The number of benzene rings is 1. The van der Waals surface area contributed by atoms with E-state index in [0.717, 1.165) is 22.4 Å². The van der Waals surface area contributed by atoms with Crippen LogP contribution in [-0.4, -0.2) is 25.6 Å². The number of hydrogen-bond donors (Lipinski definition) is 0. The first-order chi connectivity index (χ1) is 13.6. The van der Waals surface area contributed by atoms with Crippen LogP contribution in [0.3, 0.4) is 0 Å². The molecule has 152 valence electrons. The summed E-state index contributed by atoms with van der Waals surface area (Å²) in [5.74, 6) is -0.122. The van der Waals surface area contributed by atoms with Crippen molar-refractivity contribution in [1.29, 1.82) is 0 Å². The Bertz CT molecular complexity index is 1090. The molecule has 8 nitrogen and oxygen atoms in total. The number of carbonyl (C=O) groups excluding carboxylic acids is 1. The summed E-state index contributed by atoms with van der Waals surface area (Å²) in [5.41, 5.74) is 5.56. The topological polar surface area (TPSA) is 94.2 Å². The van der Waals surface area contributed by atoms with Gasteiger partial charge in [-0.15, -0.1) is 11.3 Å². The van der Waals surface area contributed by atoms with Gasteiger partial charge in [-0.25, -0.2) is 4.98 Å². The highest BCUT2D eigenvalue weighted by atomic mass is 32.1. The third-order valence-corrected chi connectivity index (χ3v) is 5.62. The number of nitro groups is 1. The van der Waals surface area contributed by atoms with E-state index >= 15 is 0 Å². The Hall–Kier alpha value is -3.07. The maximum atomic E-state index is 12.5. The average molecular weight is 414 g/mol. The van der Waals surface area contributed by atoms with Crippen molar-refractivity contribution in [2.75, 3.05) is 4.90 Å². The van der Waals surface area contributed by atoms with Crippen LogP contribution in [0.1, 0.15) is 40.7 Å². The molecule has 0 bridgehead atoms. The number of amides is 1. The zero-order chi connectivity index (χ0) is 21.5. The Labute approximate surface area is 173 Å². The Balaban J connectivity index is 1.97. The lowest BCUT2D eigenvalue weighted by molar-refractivity contribution is -0.386. The minimum absolute atomic E-state index is 0.0247. The number of anilines is 2. The van der Waals surface area contributed by atoms with Crippen molar-refractivity contribution in [1.82, 2.24) is 14.8 Å². The molecule has 0 saturated carbocycles. The molecule has 3 aromatic rings. The maximum absolute atomic E-state index is 12.5. The van der Waals surface area contributed by atoms with Crippen LogP contribution in [0.5, 0.6) is 0 Å². The first-order valence-electron chi connectivity index (χ1n) is 9.11. The van der Waals surface area contributed by atoms with Crippen LogP contribution in [0.25, 0.3) is 0 Å². The molecule has 0 unspecified atom stereocenters. The first-order valence-corrected chi connectivity index (χ1v) is 9.99.